The molecule has 0 aliphatic carbocycles. The molecule has 0 bridgehead atoms. The van der Waals surface area contributed by atoms with Gasteiger partial charge in [-0.1, -0.05) is 13.8 Å². The molecule has 2 unspecified atom stereocenters. The van der Waals surface area contributed by atoms with E-state index in [0.29, 0.717) is 5.69 Å². The second-order valence-corrected chi connectivity index (χ2v) is 5.29. The van der Waals surface area contributed by atoms with Crippen LogP contribution in [0.25, 0.3) is 0 Å². The van der Waals surface area contributed by atoms with Crippen molar-refractivity contribution in [3.63, 3.8) is 0 Å². The summed E-state index contributed by atoms with van der Waals surface area (Å²) in [6.07, 6.45) is 3.30. The van der Waals surface area contributed by atoms with E-state index in [0.717, 1.165) is 6.42 Å². The minimum absolute atomic E-state index is 0.0270. The lowest BCUT2D eigenvalue weighted by Crippen LogP contribution is -2.15. The van der Waals surface area contributed by atoms with Gasteiger partial charge < -0.3 is 5.11 Å². The topological polar surface area (TPSA) is 80.2 Å². The second-order valence-electron chi connectivity index (χ2n) is 3.43. The maximum absolute atomic E-state index is 11.8. The maximum atomic E-state index is 11.8. The van der Waals surface area contributed by atoms with Crippen molar-refractivity contribution in [3.05, 3.63) is 23.8 Å². The Morgan fingerprint density at radius 1 is 1.62 bits per heavy atom. The molecule has 1 aromatic rings. The van der Waals surface area contributed by atoms with Gasteiger partial charge in [0.2, 0.25) is 0 Å². The summed E-state index contributed by atoms with van der Waals surface area (Å²) in [6.45, 7) is 3.82. The SMILES string of the molecule is CCC(C)S(=O)Cc1ncncc1C(=O)O. The third-order valence-corrected chi connectivity index (χ3v) is 4.12. The molecule has 1 N–H and O–H groups in total. The third-order valence-electron chi connectivity index (χ3n) is 2.33. The van der Waals surface area contributed by atoms with Gasteiger partial charge in [-0.3, -0.25) is 4.21 Å². The van der Waals surface area contributed by atoms with E-state index in [4.69, 9.17) is 5.11 Å². The quantitative estimate of drug-likeness (QED) is 0.839. The Hall–Kier alpha value is -1.30. The van der Waals surface area contributed by atoms with Gasteiger partial charge in [0.25, 0.3) is 0 Å². The number of carboxylic acid groups (broad SMARTS) is 1. The van der Waals surface area contributed by atoms with Crippen molar-refractivity contribution in [1.82, 2.24) is 9.97 Å². The van der Waals surface area contributed by atoms with Gasteiger partial charge in [0.15, 0.2) is 0 Å². The van der Waals surface area contributed by atoms with Crippen molar-refractivity contribution in [1.29, 1.82) is 0 Å². The Kier molecular flexibility index (Phi) is 4.54. The molecular weight excluding hydrogens is 228 g/mol. The predicted molar refractivity (Wildman–Crippen MR) is 60.6 cm³/mol. The lowest BCUT2D eigenvalue weighted by Gasteiger charge is -2.09. The summed E-state index contributed by atoms with van der Waals surface area (Å²) in [4.78, 5) is 18.4. The Bertz CT molecular complexity index is 409. The minimum Gasteiger partial charge on any atom is -0.478 e. The maximum Gasteiger partial charge on any atom is 0.339 e. The lowest BCUT2D eigenvalue weighted by molar-refractivity contribution is 0.0695. The van der Waals surface area contributed by atoms with E-state index in [1.54, 1.807) is 0 Å². The van der Waals surface area contributed by atoms with Crippen LogP contribution in [0.4, 0.5) is 0 Å². The van der Waals surface area contributed by atoms with E-state index >= 15 is 0 Å². The summed E-state index contributed by atoms with van der Waals surface area (Å²) in [5, 5.41) is 8.93. The van der Waals surface area contributed by atoms with Crippen molar-refractivity contribution < 1.29 is 14.1 Å². The highest BCUT2D eigenvalue weighted by Gasteiger charge is 2.16. The summed E-state index contributed by atoms with van der Waals surface area (Å²) in [6, 6.07) is 0. The first-order valence-electron chi connectivity index (χ1n) is 4.95. The van der Waals surface area contributed by atoms with Crippen LogP contribution in [-0.4, -0.2) is 30.5 Å². The number of aromatic carboxylic acids is 1. The van der Waals surface area contributed by atoms with Gasteiger partial charge >= 0.3 is 5.97 Å². The fourth-order valence-electron chi connectivity index (χ4n) is 1.11. The highest BCUT2D eigenvalue weighted by Crippen LogP contribution is 2.11. The zero-order valence-corrected chi connectivity index (χ0v) is 10.0. The molecule has 1 heterocycles. The van der Waals surface area contributed by atoms with E-state index < -0.39 is 16.8 Å². The molecule has 0 spiro atoms. The molecule has 1 aromatic heterocycles. The van der Waals surface area contributed by atoms with Gasteiger partial charge in [0, 0.05) is 22.2 Å². The summed E-state index contributed by atoms with van der Waals surface area (Å²) in [5.74, 6) is -0.921. The number of rotatable bonds is 5. The number of hydrogen-bond donors (Lipinski definition) is 1. The van der Waals surface area contributed by atoms with Crippen LogP contribution >= 0.6 is 0 Å². The molecule has 6 heteroatoms. The molecule has 0 saturated carbocycles. The van der Waals surface area contributed by atoms with Gasteiger partial charge in [0.05, 0.1) is 11.4 Å². The van der Waals surface area contributed by atoms with Crippen LogP contribution in [0.3, 0.4) is 0 Å². The van der Waals surface area contributed by atoms with Crippen molar-refractivity contribution in [3.8, 4) is 0 Å². The van der Waals surface area contributed by atoms with E-state index in [1.165, 1.54) is 12.5 Å². The van der Waals surface area contributed by atoms with Gasteiger partial charge in [0.1, 0.15) is 11.9 Å². The molecular formula is C10H14N2O3S. The number of carbonyl (C=O) groups is 1. The number of nitrogens with zero attached hydrogens (tertiary/aromatic N) is 2. The first-order chi connectivity index (χ1) is 7.56. The van der Waals surface area contributed by atoms with Crippen LogP contribution < -0.4 is 0 Å². The molecule has 16 heavy (non-hydrogen) atoms. The molecule has 0 aromatic carbocycles. The summed E-state index contributed by atoms with van der Waals surface area (Å²) in [5.41, 5.74) is 0.361. The summed E-state index contributed by atoms with van der Waals surface area (Å²) in [7, 11) is -1.10. The molecule has 5 nitrogen and oxygen atoms in total. The van der Waals surface area contributed by atoms with Crippen molar-refractivity contribution in [2.24, 2.45) is 0 Å². The number of aromatic nitrogens is 2. The monoisotopic (exact) mass is 242 g/mol. The molecule has 0 aliphatic rings. The van der Waals surface area contributed by atoms with Crippen LogP contribution in [0.2, 0.25) is 0 Å². The van der Waals surface area contributed by atoms with E-state index in [-0.39, 0.29) is 16.6 Å². The molecule has 1 rings (SSSR count). The van der Waals surface area contributed by atoms with Gasteiger partial charge in [-0.05, 0) is 6.42 Å². The van der Waals surface area contributed by atoms with E-state index in [1.807, 2.05) is 13.8 Å². The second kappa shape index (κ2) is 5.69. The average molecular weight is 242 g/mol. The minimum atomic E-state index is -1.10. The van der Waals surface area contributed by atoms with Gasteiger partial charge in [-0.25, -0.2) is 14.8 Å². The molecule has 0 aliphatic heterocycles. The highest BCUT2D eigenvalue weighted by molar-refractivity contribution is 7.84. The molecule has 0 saturated heterocycles. The first-order valence-corrected chi connectivity index (χ1v) is 6.33. The molecule has 0 radical (unpaired) electrons. The largest absolute Gasteiger partial charge is 0.478 e. The smallest absolute Gasteiger partial charge is 0.339 e. The van der Waals surface area contributed by atoms with E-state index in [9.17, 15) is 9.00 Å². The van der Waals surface area contributed by atoms with Crippen LogP contribution in [0.5, 0.6) is 0 Å². The van der Waals surface area contributed by atoms with Crippen molar-refractivity contribution >= 4 is 16.8 Å². The fourth-order valence-corrected chi connectivity index (χ4v) is 2.27. The standard InChI is InChI=1S/C10H14N2O3S/c1-3-7(2)16(15)5-9-8(10(13)14)4-11-6-12-9/h4,6-7H,3,5H2,1-2H3,(H,13,14). The van der Waals surface area contributed by atoms with Crippen molar-refractivity contribution in [2.75, 3.05) is 0 Å². The zero-order valence-electron chi connectivity index (χ0n) is 9.21. The normalized spacial score (nSPS) is 14.4. The Labute approximate surface area is 96.4 Å². The molecule has 0 fully saturated rings. The zero-order chi connectivity index (χ0) is 12.1. The fraction of sp³-hybridized carbons (Fsp3) is 0.500. The highest BCUT2D eigenvalue weighted by atomic mass is 32.2. The first kappa shape index (κ1) is 12.8. The van der Waals surface area contributed by atoms with E-state index in [2.05, 4.69) is 9.97 Å². The van der Waals surface area contributed by atoms with Crippen LogP contribution in [0.1, 0.15) is 36.3 Å². The Balaban J connectivity index is 2.89. The van der Waals surface area contributed by atoms with Crippen LogP contribution in [-0.2, 0) is 16.6 Å². The van der Waals surface area contributed by atoms with Crippen molar-refractivity contribution in [2.45, 2.75) is 31.3 Å². The van der Waals surface area contributed by atoms with Gasteiger partial charge in [-0.15, -0.1) is 0 Å². The summed E-state index contributed by atoms with van der Waals surface area (Å²) >= 11 is 0. The average Bonchev–Trinajstić information content (AvgIpc) is 2.28. The Morgan fingerprint density at radius 2 is 2.31 bits per heavy atom. The predicted octanol–water partition coefficient (Wildman–Crippen LogP) is 1.22. The van der Waals surface area contributed by atoms with Crippen LogP contribution in [0, 0.1) is 0 Å². The summed E-state index contributed by atoms with van der Waals surface area (Å²) < 4.78 is 11.8. The Morgan fingerprint density at radius 3 is 2.88 bits per heavy atom. The number of hydrogen-bond acceptors (Lipinski definition) is 4. The van der Waals surface area contributed by atoms with Crippen LogP contribution in [0.15, 0.2) is 12.5 Å². The molecule has 0 amide bonds. The molecule has 88 valence electrons. The number of carboxylic acids is 1. The molecule has 2 atom stereocenters. The third kappa shape index (κ3) is 3.10. The van der Waals surface area contributed by atoms with Gasteiger partial charge in [-0.2, -0.15) is 0 Å². The lowest BCUT2D eigenvalue weighted by atomic mass is 10.2.